The Hall–Kier alpha value is -2.05. The zero-order valence-electron chi connectivity index (χ0n) is 10.0. The van der Waals surface area contributed by atoms with Gasteiger partial charge in [-0.25, -0.2) is 9.59 Å². The number of amides is 2. The van der Waals surface area contributed by atoms with E-state index < -0.39 is 30.4 Å². The second-order valence-corrected chi connectivity index (χ2v) is 4.20. The van der Waals surface area contributed by atoms with Gasteiger partial charge in [0.05, 0.1) is 6.42 Å². The first-order valence-corrected chi connectivity index (χ1v) is 5.56. The van der Waals surface area contributed by atoms with Crippen LogP contribution in [-0.2, 0) is 9.59 Å². The summed E-state index contributed by atoms with van der Waals surface area (Å²) < 4.78 is 0. The molecular weight excluding hydrogens is 240 g/mol. The van der Waals surface area contributed by atoms with E-state index in [1.165, 1.54) is 4.90 Å². The number of nitrogens with zero attached hydrogens (tertiary/aromatic N) is 1. The van der Waals surface area contributed by atoms with Crippen molar-refractivity contribution in [2.75, 3.05) is 13.1 Å². The number of aliphatic carboxylic acids is 2. The Bertz CT molecular complexity index is 391. The van der Waals surface area contributed by atoms with Crippen molar-refractivity contribution in [1.29, 1.82) is 0 Å². The minimum absolute atomic E-state index is 0.436. The van der Waals surface area contributed by atoms with Gasteiger partial charge in [-0.05, 0) is 13.3 Å². The Balaban J connectivity index is 2.58. The predicted octanol–water partition coefficient (Wildman–Crippen LogP) is 0.276. The van der Waals surface area contributed by atoms with Gasteiger partial charge < -0.3 is 20.4 Å². The van der Waals surface area contributed by atoms with Crippen molar-refractivity contribution in [3.8, 4) is 0 Å². The first-order chi connectivity index (χ1) is 8.40. The molecule has 0 radical (unpaired) electrons. The summed E-state index contributed by atoms with van der Waals surface area (Å²) in [5, 5.41) is 19.6. The summed E-state index contributed by atoms with van der Waals surface area (Å²) in [6, 6.07) is -1.95. The van der Waals surface area contributed by atoms with Gasteiger partial charge in [-0.15, -0.1) is 0 Å². The van der Waals surface area contributed by atoms with Crippen LogP contribution in [0, 0.1) is 0 Å². The summed E-state index contributed by atoms with van der Waals surface area (Å²) in [6.07, 6.45) is 2.09. The molecule has 100 valence electrons. The predicted molar refractivity (Wildman–Crippen MR) is 62.2 cm³/mol. The van der Waals surface area contributed by atoms with Gasteiger partial charge in [0.2, 0.25) is 0 Å². The summed E-state index contributed by atoms with van der Waals surface area (Å²) >= 11 is 0. The monoisotopic (exact) mass is 256 g/mol. The summed E-state index contributed by atoms with van der Waals surface area (Å²) in [4.78, 5) is 34.5. The summed E-state index contributed by atoms with van der Waals surface area (Å²) in [6.45, 7) is 2.82. The number of carbonyl (C=O) groups excluding carboxylic acids is 1. The third kappa shape index (κ3) is 4.08. The van der Waals surface area contributed by atoms with E-state index in [4.69, 9.17) is 10.2 Å². The van der Waals surface area contributed by atoms with E-state index in [9.17, 15) is 14.4 Å². The highest BCUT2D eigenvalue weighted by molar-refractivity contribution is 5.86. The molecule has 0 spiro atoms. The van der Waals surface area contributed by atoms with E-state index in [-0.39, 0.29) is 0 Å². The Morgan fingerprint density at radius 1 is 1.44 bits per heavy atom. The van der Waals surface area contributed by atoms with Crippen LogP contribution in [-0.4, -0.2) is 52.2 Å². The van der Waals surface area contributed by atoms with Crippen molar-refractivity contribution in [3.05, 3.63) is 11.6 Å². The molecule has 0 fully saturated rings. The maximum Gasteiger partial charge on any atom is 0.326 e. The molecule has 2 amide bonds. The van der Waals surface area contributed by atoms with Gasteiger partial charge in [0.1, 0.15) is 6.04 Å². The lowest BCUT2D eigenvalue weighted by atomic mass is 10.1. The number of urea groups is 1. The number of nitrogens with one attached hydrogen (secondary N) is 1. The van der Waals surface area contributed by atoms with Gasteiger partial charge in [-0.3, -0.25) is 4.79 Å². The number of rotatable bonds is 4. The normalized spacial score (nSPS) is 16.7. The summed E-state index contributed by atoms with van der Waals surface area (Å²) in [5.41, 5.74) is 1.03. The maximum absolute atomic E-state index is 11.8. The van der Waals surface area contributed by atoms with Crippen LogP contribution in [0.25, 0.3) is 0 Å². The van der Waals surface area contributed by atoms with E-state index in [0.717, 1.165) is 12.0 Å². The van der Waals surface area contributed by atoms with Crippen molar-refractivity contribution < 1.29 is 24.6 Å². The molecule has 1 aliphatic heterocycles. The molecule has 1 aliphatic rings. The molecule has 1 heterocycles. The van der Waals surface area contributed by atoms with Crippen molar-refractivity contribution in [2.24, 2.45) is 0 Å². The lowest BCUT2D eigenvalue weighted by Crippen LogP contribution is -2.50. The first-order valence-electron chi connectivity index (χ1n) is 5.56. The van der Waals surface area contributed by atoms with Crippen LogP contribution in [0.3, 0.4) is 0 Å². The van der Waals surface area contributed by atoms with Gasteiger partial charge in [0, 0.05) is 13.1 Å². The molecule has 18 heavy (non-hydrogen) atoms. The quantitative estimate of drug-likeness (QED) is 0.626. The SMILES string of the molecule is CC1=CCCN(C(=O)N[C@@H](CC(=O)O)C(=O)O)C1. The largest absolute Gasteiger partial charge is 0.481 e. The third-order valence-corrected chi connectivity index (χ3v) is 2.59. The molecule has 7 heteroatoms. The van der Waals surface area contributed by atoms with Crippen LogP contribution in [0.4, 0.5) is 4.79 Å². The van der Waals surface area contributed by atoms with Gasteiger partial charge in [-0.1, -0.05) is 11.6 Å². The van der Waals surface area contributed by atoms with Crippen molar-refractivity contribution in [2.45, 2.75) is 25.8 Å². The Morgan fingerprint density at radius 2 is 2.11 bits per heavy atom. The Morgan fingerprint density at radius 3 is 2.61 bits per heavy atom. The Kier molecular flexibility index (Phi) is 4.70. The molecule has 7 nitrogen and oxygen atoms in total. The molecule has 1 atom stereocenters. The van der Waals surface area contributed by atoms with Gasteiger partial charge >= 0.3 is 18.0 Å². The van der Waals surface area contributed by atoms with Gasteiger partial charge in [0.25, 0.3) is 0 Å². The van der Waals surface area contributed by atoms with Crippen LogP contribution in [0.5, 0.6) is 0 Å². The fourth-order valence-corrected chi connectivity index (χ4v) is 1.70. The summed E-state index contributed by atoms with van der Waals surface area (Å²) in [7, 11) is 0. The lowest BCUT2D eigenvalue weighted by Gasteiger charge is -2.27. The van der Waals surface area contributed by atoms with Gasteiger partial charge in [-0.2, -0.15) is 0 Å². The highest BCUT2D eigenvalue weighted by Gasteiger charge is 2.26. The maximum atomic E-state index is 11.8. The number of carbonyl (C=O) groups is 3. The minimum atomic E-state index is -1.40. The molecular formula is C11H16N2O5. The van der Waals surface area contributed by atoms with Crippen molar-refractivity contribution in [1.82, 2.24) is 10.2 Å². The van der Waals surface area contributed by atoms with Crippen molar-refractivity contribution in [3.63, 3.8) is 0 Å². The molecule has 0 bridgehead atoms. The van der Waals surface area contributed by atoms with E-state index in [1.54, 1.807) is 0 Å². The van der Waals surface area contributed by atoms with E-state index in [0.29, 0.717) is 13.1 Å². The molecule has 1 rings (SSSR count). The Labute approximate surface area is 104 Å². The molecule has 0 aromatic heterocycles. The van der Waals surface area contributed by atoms with Crippen LogP contribution in [0.2, 0.25) is 0 Å². The fraction of sp³-hybridized carbons (Fsp3) is 0.545. The molecule has 0 aromatic rings. The third-order valence-electron chi connectivity index (χ3n) is 2.59. The van der Waals surface area contributed by atoms with E-state index >= 15 is 0 Å². The average molecular weight is 256 g/mol. The minimum Gasteiger partial charge on any atom is -0.481 e. The van der Waals surface area contributed by atoms with Crippen LogP contribution in [0.1, 0.15) is 19.8 Å². The number of carboxylic acid groups (broad SMARTS) is 2. The van der Waals surface area contributed by atoms with E-state index in [1.807, 2.05) is 13.0 Å². The molecule has 3 N–H and O–H groups in total. The molecule has 0 saturated heterocycles. The fourth-order valence-electron chi connectivity index (χ4n) is 1.70. The molecule has 0 aliphatic carbocycles. The molecule has 0 aromatic carbocycles. The first kappa shape index (κ1) is 14.0. The van der Waals surface area contributed by atoms with Crippen LogP contribution < -0.4 is 5.32 Å². The zero-order valence-corrected chi connectivity index (χ0v) is 10.0. The van der Waals surface area contributed by atoms with Crippen LogP contribution >= 0.6 is 0 Å². The highest BCUT2D eigenvalue weighted by Crippen LogP contribution is 2.09. The number of hydrogen-bond donors (Lipinski definition) is 3. The smallest absolute Gasteiger partial charge is 0.326 e. The lowest BCUT2D eigenvalue weighted by molar-refractivity contribution is -0.145. The van der Waals surface area contributed by atoms with Crippen LogP contribution in [0.15, 0.2) is 11.6 Å². The standard InChI is InChI=1S/C11H16N2O5/c1-7-3-2-4-13(6-7)11(18)12-8(10(16)17)5-9(14)15/h3,8H,2,4-6H2,1H3,(H,12,18)(H,14,15)(H,16,17)/t8-/m0/s1. The van der Waals surface area contributed by atoms with Crippen molar-refractivity contribution >= 4 is 18.0 Å². The van der Waals surface area contributed by atoms with E-state index in [2.05, 4.69) is 5.32 Å². The average Bonchev–Trinajstić information content (AvgIpc) is 2.27. The summed E-state index contributed by atoms with van der Waals surface area (Å²) in [5.74, 6) is -2.62. The highest BCUT2D eigenvalue weighted by atomic mass is 16.4. The van der Waals surface area contributed by atoms with Gasteiger partial charge in [0.15, 0.2) is 0 Å². The number of hydrogen-bond acceptors (Lipinski definition) is 3. The number of carboxylic acids is 2. The molecule has 0 saturated carbocycles. The zero-order chi connectivity index (χ0) is 13.7. The topological polar surface area (TPSA) is 107 Å². The second kappa shape index (κ2) is 6.04. The second-order valence-electron chi connectivity index (χ2n) is 4.20. The molecule has 0 unspecified atom stereocenters.